The molecule has 1 aromatic heterocycles. The highest BCUT2D eigenvalue weighted by Gasteiger charge is 2.25. The molecule has 0 N–H and O–H groups in total. The van der Waals surface area contributed by atoms with E-state index in [2.05, 4.69) is 12.1 Å². The maximum atomic E-state index is 13.8. The zero-order chi connectivity index (χ0) is 19.4. The van der Waals surface area contributed by atoms with Gasteiger partial charge in [-0.15, -0.1) is 0 Å². The normalized spacial score (nSPS) is 13.6. The quantitative estimate of drug-likeness (QED) is 0.287. The van der Waals surface area contributed by atoms with Crippen molar-refractivity contribution in [3.8, 4) is 5.75 Å². The Morgan fingerprint density at radius 3 is 2.31 bits per heavy atom. The third kappa shape index (κ3) is 2.51. The summed E-state index contributed by atoms with van der Waals surface area (Å²) in [6, 6.07) is 22.6. The van der Waals surface area contributed by atoms with Crippen molar-refractivity contribution in [3.05, 3.63) is 84.2 Å². The van der Waals surface area contributed by atoms with Gasteiger partial charge in [-0.3, -0.25) is 0 Å². The fraction of sp³-hybridized carbons (Fsp3) is 0.0833. The van der Waals surface area contributed by atoms with Gasteiger partial charge in [0.15, 0.2) is 6.73 Å². The first kappa shape index (κ1) is 16.2. The Hall–Kier alpha value is -3.73. The summed E-state index contributed by atoms with van der Waals surface area (Å²) in [5.74, 6) is 0.577. The summed E-state index contributed by atoms with van der Waals surface area (Å²) in [4.78, 5) is 11.9. The van der Waals surface area contributed by atoms with Crippen molar-refractivity contribution in [1.82, 2.24) is 9.97 Å². The van der Waals surface area contributed by atoms with Gasteiger partial charge in [0.05, 0.1) is 28.6 Å². The van der Waals surface area contributed by atoms with Crippen LogP contribution in [0.1, 0.15) is 5.56 Å². The van der Waals surface area contributed by atoms with Crippen molar-refractivity contribution in [2.45, 2.75) is 6.54 Å². The maximum absolute atomic E-state index is 13.8. The lowest BCUT2D eigenvalue weighted by Crippen LogP contribution is -2.32. The van der Waals surface area contributed by atoms with Crippen LogP contribution >= 0.6 is 0 Å². The average Bonchev–Trinajstić information content (AvgIpc) is 2.78. The second kappa shape index (κ2) is 6.14. The fourth-order valence-electron chi connectivity index (χ4n) is 4.09. The molecule has 0 radical (unpaired) electrons. The number of aromatic nitrogens is 2. The first-order valence-electron chi connectivity index (χ1n) is 9.51. The highest BCUT2D eigenvalue weighted by atomic mass is 19.1. The fourth-order valence-corrected chi connectivity index (χ4v) is 4.09. The van der Waals surface area contributed by atoms with Crippen LogP contribution in [-0.4, -0.2) is 16.7 Å². The molecule has 0 bridgehead atoms. The number of benzene rings is 4. The lowest BCUT2D eigenvalue weighted by molar-refractivity contribution is 0.294. The summed E-state index contributed by atoms with van der Waals surface area (Å²) in [6.07, 6.45) is 0. The van der Waals surface area contributed by atoms with E-state index < -0.39 is 0 Å². The molecule has 0 atom stereocenters. The topological polar surface area (TPSA) is 38.2 Å². The third-order valence-corrected chi connectivity index (χ3v) is 5.44. The number of hydrogen-bond donors (Lipinski definition) is 0. The number of ether oxygens (including phenoxy) is 1. The number of anilines is 1. The van der Waals surface area contributed by atoms with Crippen LogP contribution in [0.5, 0.6) is 5.75 Å². The van der Waals surface area contributed by atoms with Crippen LogP contribution in [0.2, 0.25) is 0 Å². The Morgan fingerprint density at radius 1 is 0.793 bits per heavy atom. The van der Waals surface area contributed by atoms with Gasteiger partial charge in [0.2, 0.25) is 0 Å². The molecule has 0 unspecified atom stereocenters. The van der Waals surface area contributed by atoms with Crippen molar-refractivity contribution < 1.29 is 9.13 Å². The van der Waals surface area contributed by atoms with Gasteiger partial charge < -0.3 is 9.64 Å². The van der Waals surface area contributed by atoms with Gasteiger partial charge in [-0.2, -0.15) is 0 Å². The Balaban J connectivity index is 1.64. The van der Waals surface area contributed by atoms with Gasteiger partial charge in [0.25, 0.3) is 0 Å². The second-order valence-corrected chi connectivity index (χ2v) is 7.21. The first-order chi connectivity index (χ1) is 14.3. The van der Waals surface area contributed by atoms with Crippen LogP contribution in [0.15, 0.2) is 72.8 Å². The lowest BCUT2D eigenvalue weighted by atomic mass is 10.0. The highest BCUT2D eigenvalue weighted by Crippen LogP contribution is 2.40. The van der Waals surface area contributed by atoms with Crippen LogP contribution in [-0.2, 0) is 6.54 Å². The van der Waals surface area contributed by atoms with Gasteiger partial charge in [-0.25, -0.2) is 14.4 Å². The molecular formula is C24H16FN3O. The molecule has 4 nitrogen and oxygen atoms in total. The number of rotatable bonds is 1. The lowest BCUT2D eigenvalue weighted by Gasteiger charge is -2.32. The van der Waals surface area contributed by atoms with Crippen molar-refractivity contribution >= 4 is 38.5 Å². The Morgan fingerprint density at radius 2 is 1.52 bits per heavy atom. The number of para-hydroxylation sites is 2. The van der Waals surface area contributed by atoms with Crippen LogP contribution in [0.25, 0.3) is 32.8 Å². The van der Waals surface area contributed by atoms with E-state index in [9.17, 15) is 4.39 Å². The van der Waals surface area contributed by atoms with Crippen LogP contribution in [0.4, 0.5) is 10.1 Å². The Bertz CT molecular complexity index is 1420. The molecule has 0 saturated heterocycles. The van der Waals surface area contributed by atoms with Crippen LogP contribution < -0.4 is 9.64 Å². The van der Waals surface area contributed by atoms with Crippen molar-refractivity contribution in [2.75, 3.05) is 11.6 Å². The molecule has 5 aromatic rings. The predicted molar refractivity (Wildman–Crippen MR) is 113 cm³/mol. The van der Waals surface area contributed by atoms with Gasteiger partial charge in [0.1, 0.15) is 11.6 Å². The van der Waals surface area contributed by atoms with E-state index in [4.69, 9.17) is 14.7 Å². The Kier molecular flexibility index (Phi) is 3.44. The standard InChI is InChI=1S/C24H16FN3O/c25-15-6-5-7-16(12-15)28-13-19-23-22(26-20-10-3-4-11-21(20)27-23)17-8-1-2-9-18(17)24(19)29-14-28/h1-12H,13-14H2. The molecule has 0 aliphatic carbocycles. The summed E-state index contributed by atoms with van der Waals surface area (Å²) in [7, 11) is 0. The monoisotopic (exact) mass is 381 g/mol. The van der Waals surface area contributed by atoms with Gasteiger partial charge in [-0.05, 0) is 30.3 Å². The second-order valence-electron chi connectivity index (χ2n) is 7.21. The van der Waals surface area contributed by atoms with E-state index in [-0.39, 0.29) is 5.82 Å². The van der Waals surface area contributed by atoms with Gasteiger partial charge in [-0.1, -0.05) is 42.5 Å². The summed E-state index contributed by atoms with van der Waals surface area (Å²) in [5, 5.41) is 2.05. The van der Waals surface area contributed by atoms with Crippen molar-refractivity contribution in [2.24, 2.45) is 0 Å². The highest BCUT2D eigenvalue weighted by molar-refractivity contribution is 6.10. The minimum absolute atomic E-state index is 0.262. The molecule has 6 rings (SSSR count). The molecule has 2 heterocycles. The average molecular weight is 381 g/mol. The molecule has 1 aliphatic rings. The third-order valence-electron chi connectivity index (χ3n) is 5.44. The smallest absolute Gasteiger partial charge is 0.161 e. The molecule has 140 valence electrons. The molecule has 1 aliphatic heterocycles. The predicted octanol–water partition coefficient (Wildman–Crippen LogP) is 5.43. The zero-order valence-electron chi connectivity index (χ0n) is 15.5. The molecule has 0 amide bonds. The number of hydrogen-bond acceptors (Lipinski definition) is 4. The van der Waals surface area contributed by atoms with Crippen molar-refractivity contribution in [1.29, 1.82) is 0 Å². The Labute approximate surface area is 166 Å². The van der Waals surface area contributed by atoms with E-state index in [0.29, 0.717) is 13.3 Å². The van der Waals surface area contributed by atoms with Gasteiger partial charge in [0, 0.05) is 22.0 Å². The van der Waals surface area contributed by atoms with Gasteiger partial charge >= 0.3 is 0 Å². The molecule has 0 spiro atoms. The number of nitrogens with zero attached hydrogens (tertiary/aromatic N) is 3. The van der Waals surface area contributed by atoms with E-state index in [1.54, 1.807) is 6.07 Å². The van der Waals surface area contributed by atoms with E-state index in [0.717, 1.165) is 49.8 Å². The van der Waals surface area contributed by atoms with E-state index >= 15 is 0 Å². The number of fused-ring (bicyclic) bond motifs is 7. The summed E-state index contributed by atoms with van der Waals surface area (Å²) < 4.78 is 20.0. The number of halogens is 1. The molecular weight excluding hydrogens is 365 g/mol. The molecule has 0 fully saturated rings. The maximum Gasteiger partial charge on any atom is 0.161 e. The SMILES string of the molecule is Fc1cccc(N2COc3c(c4nc5ccccc5nc4c4ccccc34)C2)c1. The van der Waals surface area contributed by atoms with Crippen molar-refractivity contribution in [3.63, 3.8) is 0 Å². The summed E-state index contributed by atoms with van der Waals surface area (Å²) >= 11 is 0. The minimum Gasteiger partial charge on any atom is -0.472 e. The largest absolute Gasteiger partial charge is 0.472 e. The zero-order valence-corrected chi connectivity index (χ0v) is 15.5. The van der Waals surface area contributed by atoms with Crippen LogP contribution in [0.3, 0.4) is 0 Å². The molecule has 29 heavy (non-hydrogen) atoms. The van der Waals surface area contributed by atoms with E-state index in [1.165, 1.54) is 12.1 Å². The molecule has 5 heteroatoms. The first-order valence-corrected chi connectivity index (χ1v) is 9.51. The molecule has 0 saturated carbocycles. The minimum atomic E-state index is -0.262. The summed E-state index contributed by atoms with van der Waals surface area (Å²) in [5.41, 5.74) is 5.17. The van der Waals surface area contributed by atoms with Crippen LogP contribution in [0, 0.1) is 5.82 Å². The summed E-state index contributed by atoms with van der Waals surface area (Å²) in [6.45, 7) is 0.931. The van der Waals surface area contributed by atoms with E-state index in [1.807, 2.05) is 47.4 Å². The molecule has 4 aromatic carbocycles.